The molecule has 0 saturated heterocycles. The van der Waals surface area contributed by atoms with E-state index in [1.165, 1.54) is 20.9 Å². The molecule has 0 atom stereocenters. The third kappa shape index (κ3) is 6.04. The fraction of sp³-hybridized carbons (Fsp3) is 0. The maximum atomic E-state index is 6.72. The molecule has 0 fully saturated rings. The molecule has 66 heavy (non-hydrogen) atoms. The molecular formula is C58H37N5OPtSi-2. The molecule has 1 aliphatic heterocycles. The van der Waals surface area contributed by atoms with E-state index in [0.717, 1.165) is 67.0 Å². The van der Waals surface area contributed by atoms with Crippen LogP contribution in [0.15, 0.2) is 225 Å². The van der Waals surface area contributed by atoms with Crippen molar-refractivity contribution in [2.24, 2.45) is 0 Å². The zero-order valence-electron chi connectivity index (χ0n) is 35.3. The largest absolute Gasteiger partial charge is 0.510 e. The van der Waals surface area contributed by atoms with Gasteiger partial charge in [-0.3, -0.25) is 4.57 Å². The van der Waals surface area contributed by atoms with E-state index in [1.54, 1.807) is 0 Å². The average Bonchev–Trinajstić information content (AvgIpc) is 4.11. The summed E-state index contributed by atoms with van der Waals surface area (Å²) >= 11 is 0. The van der Waals surface area contributed by atoms with Crippen molar-refractivity contribution in [3.05, 3.63) is 243 Å². The summed E-state index contributed by atoms with van der Waals surface area (Å²) in [5.41, 5.74) is 10.4. The molecule has 0 spiro atoms. The van der Waals surface area contributed by atoms with Gasteiger partial charge in [-0.15, -0.1) is 29.7 Å². The Kier molecular flexibility index (Phi) is 9.63. The van der Waals surface area contributed by atoms with Gasteiger partial charge in [-0.25, -0.2) is 4.98 Å². The molecule has 0 radical (unpaired) electrons. The number of hydrogen-bond donors (Lipinski definition) is 0. The van der Waals surface area contributed by atoms with Crippen molar-refractivity contribution in [1.82, 2.24) is 18.4 Å². The van der Waals surface area contributed by atoms with Crippen molar-refractivity contribution >= 4 is 56.6 Å². The van der Waals surface area contributed by atoms with E-state index < -0.39 is 8.24 Å². The number of fused-ring (bicyclic) bond motifs is 6. The molecule has 0 bridgehead atoms. The van der Waals surface area contributed by atoms with E-state index in [0.29, 0.717) is 11.5 Å². The van der Waals surface area contributed by atoms with Crippen LogP contribution in [0.1, 0.15) is 0 Å². The van der Waals surface area contributed by atoms with E-state index in [9.17, 15) is 0 Å². The monoisotopic (exact) mass is 1040 g/mol. The summed E-state index contributed by atoms with van der Waals surface area (Å²) in [6.45, 7) is 0. The Labute approximate surface area is 397 Å². The molecule has 1 aliphatic rings. The van der Waals surface area contributed by atoms with Gasteiger partial charge in [-0.2, -0.15) is 18.2 Å². The van der Waals surface area contributed by atoms with Gasteiger partial charge in [0, 0.05) is 50.5 Å². The molecule has 3 aromatic heterocycles. The van der Waals surface area contributed by atoms with Crippen molar-refractivity contribution in [1.29, 1.82) is 0 Å². The Morgan fingerprint density at radius 2 is 1.14 bits per heavy atom. The number of nitrogens with zero attached hydrogens (tertiary/aromatic N) is 5. The van der Waals surface area contributed by atoms with Gasteiger partial charge in [0.25, 0.3) is 14.6 Å². The second kappa shape index (κ2) is 16.0. The first-order valence-corrected chi connectivity index (χ1v) is 23.8. The summed E-state index contributed by atoms with van der Waals surface area (Å²) < 4.78 is 15.7. The first kappa shape index (κ1) is 39.7. The minimum atomic E-state index is -2.84. The molecule has 9 aromatic carbocycles. The summed E-state index contributed by atoms with van der Waals surface area (Å²) in [6, 6.07) is 82.2. The Bertz CT molecular complexity index is 3660. The topological polar surface area (TPSA) is 40.8 Å². The number of para-hydroxylation sites is 4. The fourth-order valence-electron chi connectivity index (χ4n) is 10.1. The summed E-state index contributed by atoms with van der Waals surface area (Å²) in [6.07, 6.45) is 7.86. The fourth-order valence-corrected chi connectivity index (χ4v) is 14.9. The molecule has 0 amide bonds. The van der Waals surface area contributed by atoms with Crippen molar-refractivity contribution < 1.29 is 30.4 Å². The van der Waals surface area contributed by atoms with Gasteiger partial charge < -0.3 is 18.1 Å². The van der Waals surface area contributed by atoms with Crippen LogP contribution in [0.4, 0.5) is 0 Å². The number of benzene rings is 9. The third-order valence-electron chi connectivity index (χ3n) is 12.8. The summed E-state index contributed by atoms with van der Waals surface area (Å²) in [7, 11) is -2.84. The molecule has 0 saturated carbocycles. The van der Waals surface area contributed by atoms with E-state index in [1.807, 2.05) is 24.4 Å². The zero-order chi connectivity index (χ0) is 42.9. The maximum Gasteiger partial charge on any atom is 0.268 e. The number of rotatable bonds is 8. The summed E-state index contributed by atoms with van der Waals surface area (Å²) in [4.78, 5) is 5.09. The number of aromatic nitrogens is 5. The average molecular weight is 1040 g/mol. The molecule has 4 heterocycles. The summed E-state index contributed by atoms with van der Waals surface area (Å²) in [5.74, 6) is 2.03. The van der Waals surface area contributed by atoms with Crippen LogP contribution in [0.5, 0.6) is 11.5 Å². The van der Waals surface area contributed by atoms with Crippen molar-refractivity contribution in [3.63, 3.8) is 0 Å². The Morgan fingerprint density at radius 3 is 1.83 bits per heavy atom. The predicted molar refractivity (Wildman–Crippen MR) is 262 cm³/mol. The third-order valence-corrected chi connectivity index (χ3v) is 17.4. The first-order chi connectivity index (χ1) is 32.3. The predicted octanol–water partition coefficient (Wildman–Crippen LogP) is 10.6. The van der Waals surface area contributed by atoms with E-state index in [-0.39, 0.29) is 21.1 Å². The van der Waals surface area contributed by atoms with Crippen LogP contribution in [0.2, 0.25) is 0 Å². The quantitative estimate of drug-likeness (QED) is 0.0865. The number of imidazole rings is 2. The van der Waals surface area contributed by atoms with Gasteiger partial charge in [0.15, 0.2) is 0 Å². The molecule has 0 unspecified atom stereocenters. The van der Waals surface area contributed by atoms with Crippen LogP contribution in [-0.4, -0.2) is 26.6 Å². The molecule has 13 rings (SSSR count). The van der Waals surface area contributed by atoms with Crippen LogP contribution in [-0.2, 0) is 21.1 Å². The van der Waals surface area contributed by atoms with Gasteiger partial charge in [-0.1, -0.05) is 188 Å². The van der Waals surface area contributed by atoms with Crippen molar-refractivity contribution in [2.75, 3.05) is 0 Å². The van der Waals surface area contributed by atoms with Gasteiger partial charge in [0.1, 0.15) is 0 Å². The van der Waals surface area contributed by atoms with Gasteiger partial charge in [-0.05, 0) is 48.9 Å². The van der Waals surface area contributed by atoms with Crippen LogP contribution < -0.4 is 24.9 Å². The normalized spacial score (nSPS) is 12.5. The Morgan fingerprint density at radius 1 is 0.530 bits per heavy atom. The standard InChI is InChI=1S/C58H37N5OSi.Pt/c1-5-18-41(19-6-1)48-28-16-29-49(42-20-7-2-8-21-42)56(48)61-40-60(52-31-13-14-32-53(52)61)43-22-15-23-44(38-43)64-45-34-35-50-51-30-17-33-55-57(51)63(54(50)39-45)58-59-36-37-62(58)65(55,46-24-9-3-10-25-46)47-26-11-4-12-27-47;/h1-37H;/q-2;. The van der Waals surface area contributed by atoms with E-state index in [4.69, 9.17) is 9.72 Å². The van der Waals surface area contributed by atoms with Gasteiger partial charge >= 0.3 is 0 Å². The molecule has 0 N–H and O–H groups in total. The molecule has 8 heteroatoms. The van der Waals surface area contributed by atoms with Crippen LogP contribution in [0.3, 0.4) is 0 Å². The second-order valence-electron chi connectivity index (χ2n) is 16.4. The number of hydrogen-bond acceptors (Lipinski definition) is 2. The Balaban J connectivity index is 0.00000456. The molecular weight excluding hydrogens is 1010 g/mol. The SMILES string of the molecule is [Pt].[c-]1c(Oc2[c-]c3c(cc2)c2cccc4c2n3-c2nccn2[Si]4(c2ccccc2)c2ccccc2)cccc1-n1[c-][n+](-c2c(-c3ccccc3)cccc2-c2ccccc2)c2ccccc21. The maximum absolute atomic E-state index is 6.72. The van der Waals surface area contributed by atoms with Crippen LogP contribution in [0, 0.1) is 18.5 Å². The molecule has 316 valence electrons. The van der Waals surface area contributed by atoms with Crippen LogP contribution in [0.25, 0.3) is 72.4 Å². The van der Waals surface area contributed by atoms with Gasteiger partial charge in [0.05, 0.1) is 16.7 Å². The van der Waals surface area contributed by atoms with Crippen molar-refractivity contribution in [2.45, 2.75) is 0 Å². The van der Waals surface area contributed by atoms with Gasteiger partial charge in [0.2, 0.25) is 5.95 Å². The van der Waals surface area contributed by atoms with Crippen molar-refractivity contribution in [3.8, 4) is 51.1 Å². The number of ether oxygens (including phenoxy) is 1. The van der Waals surface area contributed by atoms with E-state index in [2.05, 4.69) is 237 Å². The molecule has 12 aromatic rings. The molecule has 6 nitrogen and oxygen atoms in total. The minimum Gasteiger partial charge on any atom is -0.510 e. The van der Waals surface area contributed by atoms with E-state index >= 15 is 0 Å². The molecule has 0 aliphatic carbocycles. The second-order valence-corrected chi connectivity index (χ2v) is 20.0. The smallest absolute Gasteiger partial charge is 0.268 e. The van der Waals surface area contributed by atoms with Crippen LogP contribution >= 0.6 is 0 Å². The first-order valence-electron chi connectivity index (χ1n) is 21.8. The minimum absolute atomic E-state index is 0. The zero-order valence-corrected chi connectivity index (χ0v) is 38.6. The summed E-state index contributed by atoms with van der Waals surface area (Å²) in [5, 5.41) is 6.16. The Hall–Kier alpha value is -7.83.